The van der Waals surface area contributed by atoms with Gasteiger partial charge in [-0.05, 0) is 43.7 Å². The Morgan fingerprint density at radius 3 is 2.56 bits per heavy atom. The lowest BCUT2D eigenvalue weighted by Crippen LogP contribution is -2.21. The fourth-order valence-electron chi connectivity index (χ4n) is 3.84. The van der Waals surface area contributed by atoms with E-state index in [1.165, 1.54) is 22.1 Å². The minimum absolute atomic E-state index is 0.157. The Morgan fingerprint density at radius 1 is 1.03 bits per heavy atom. The first-order valence-electron chi connectivity index (χ1n) is 10.1. The highest BCUT2D eigenvalue weighted by molar-refractivity contribution is 7.22. The Hall–Kier alpha value is -3.97. The Morgan fingerprint density at radius 2 is 1.78 bits per heavy atom. The van der Waals surface area contributed by atoms with Crippen LogP contribution in [-0.4, -0.2) is 20.9 Å². The number of nitrogens with zero attached hydrogens (tertiary/aromatic N) is 3. The van der Waals surface area contributed by atoms with Crippen molar-refractivity contribution in [3.63, 3.8) is 0 Å². The van der Waals surface area contributed by atoms with Gasteiger partial charge in [0, 0.05) is 10.8 Å². The van der Waals surface area contributed by atoms with Gasteiger partial charge in [-0.2, -0.15) is 5.10 Å². The molecule has 2 heterocycles. The first-order chi connectivity index (χ1) is 15.5. The maximum Gasteiger partial charge on any atom is 0.265 e. The van der Waals surface area contributed by atoms with Crippen LogP contribution < -0.4 is 11.0 Å². The zero-order valence-electron chi connectivity index (χ0n) is 17.5. The van der Waals surface area contributed by atoms with Crippen LogP contribution in [0.3, 0.4) is 0 Å². The number of hydrogen-bond donors (Lipinski definition) is 2. The second-order valence-electron chi connectivity index (χ2n) is 7.57. The van der Waals surface area contributed by atoms with Crippen LogP contribution in [0.5, 0.6) is 5.88 Å². The number of hydrazone groups is 1. The average Bonchev–Trinajstić information content (AvgIpc) is 3.20. The molecule has 32 heavy (non-hydrogen) atoms. The molecule has 0 saturated carbocycles. The van der Waals surface area contributed by atoms with Crippen LogP contribution in [0.2, 0.25) is 0 Å². The summed E-state index contributed by atoms with van der Waals surface area (Å²) in [6, 6.07) is 20.8. The molecule has 0 bridgehead atoms. The minimum atomic E-state index is -0.277. The van der Waals surface area contributed by atoms with E-state index < -0.39 is 0 Å². The number of rotatable bonds is 4. The quantitative estimate of drug-likeness (QED) is 0.291. The summed E-state index contributed by atoms with van der Waals surface area (Å²) in [4.78, 5) is 17.8. The van der Waals surface area contributed by atoms with Gasteiger partial charge in [-0.1, -0.05) is 59.4 Å². The predicted octanol–water partition coefficient (Wildman–Crippen LogP) is 5.37. The molecule has 0 aliphatic rings. The number of benzene rings is 3. The maximum absolute atomic E-state index is 13.3. The Bertz CT molecular complexity index is 1530. The second-order valence-corrected chi connectivity index (χ2v) is 8.60. The summed E-state index contributed by atoms with van der Waals surface area (Å²) in [5.74, 6) is -0.157. The molecule has 0 fully saturated rings. The summed E-state index contributed by atoms with van der Waals surface area (Å²) >= 11 is 1.49. The van der Waals surface area contributed by atoms with Gasteiger partial charge in [-0.15, -0.1) is 0 Å². The van der Waals surface area contributed by atoms with Crippen molar-refractivity contribution in [2.75, 3.05) is 5.43 Å². The molecule has 6 nitrogen and oxygen atoms in total. The molecule has 158 valence electrons. The molecule has 7 heteroatoms. The third kappa shape index (κ3) is 3.42. The van der Waals surface area contributed by atoms with Gasteiger partial charge in [-0.25, -0.2) is 9.55 Å². The second kappa shape index (κ2) is 7.94. The van der Waals surface area contributed by atoms with Gasteiger partial charge < -0.3 is 5.11 Å². The number of hydrogen-bond acceptors (Lipinski definition) is 6. The van der Waals surface area contributed by atoms with Crippen molar-refractivity contribution in [1.29, 1.82) is 0 Å². The van der Waals surface area contributed by atoms with Crippen LogP contribution in [0.1, 0.15) is 16.7 Å². The van der Waals surface area contributed by atoms with Crippen LogP contribution in [0, 0.1) is 13.8 Å². The molecule has 3 aromatic carbocycles. The first kappa shape index (κ1) is 20.0. The van der Waals surface area contributed by atoms with Gasteiger partial charge in [0.15, 0.2) is 0 Å². The molecule has 2 N–H and O–H groups in total. The number of para-hydroxylation sites is 1. The number of fused-ring (bicyclic) bond motifs is 2. The molecule has 0 aliphatic carbocycles. The van der Waals surface area contributed by atoms with Crippen molar-refractivity contribution in [2.24, 2.45) is 5.10 Å². The Kier molecular flexibility index (Phi) is 4.95. The van der Waals surface area contributed by atoms with Crippen molar-refractivity contribution in [2.45, 2.75) is 13.8 Å². The van der Waals surface area contributed by atoms with Gasteiger partial charge in [0.2, 0.25) is 11.0 Å². The number of nitrogens with one attached hydrogen (secondary N) is 1. The molecule has 2 aromatic heterocycles. The summed E-state index contributed by atoms with van der Waals surface area (Å²) < 4.78 is 2.40. The van der Waals surface area contributed by atoms with Crippen LogP contribution in [0.4, 0.5) is 5.13 Å². The minimum Gasteiger partial charge on any atom is -0.494 e. The molecule has 5 aromatic rings. The lowest BCUT2D eigenvalue weighted by atomic mass is 10.1. The zero-order valence-corrected chi connectivity index (χ0v) is 18.4. The fraction of sp³-hybridized carbons (Fsp3) is 0.0800. The number of aryl methyl sites for hydroxylation is 2. The molecule has 0 radical (unpaired) electrons. The third-order valence-corrected chi connectivity index (χ3v) is 6.29. The van der Waals surface area contributed by atoms with E-state index in [2.05, 4.69) is 15.5 Å². The molecule has 0 spiro atoms. The third-order valence-electron chi connectivity index (χ3n) is 5.34. The smallest absolute Gasteiger partial charge is 0.265 e. The Labute approximate surface area is 188 Å². The monoisotopic (exact) mass is 440 g/mol. The number of aromatic nitrogens is 2. The van der Waals surface area contributed by atoms with Crippen LogP contribution in [0.25, 0.3) is 26.7 Å². The summed E-state index contributed by atoms with van der Waals surface area (Å²) in [6.07, 6.45) is 1.53. The molecule has 0 amide bonds. The number of anilines is 1. The molecule has 0 aliphatic heterocycles. The first-order valence-corrected chi connectivity index (χ1v) is 10.9. The number of aromatic hydroxyl groups is 1. The molecule has 5 rings (SSSR count). The van der Waals surface area contributed by atoms with E-state index >= 15 is 0 Å². The van der Waals surface area contributed by atoms with E-state index in [-0.39, 0.29) is 11.4 Å². The van der Waals surface area contributed by atoms with E-state index in [1.54, 1.807) is 6.07 Å². The van der Waals surface area contributed by atoms with Crippen molar-refractivity contribution >= 4 is 43.7 Å². The SMILES string of the molecule is Cc1ccc(-n2c(O)c(/C=N\Nc3nc4ccccc4s3)c3ccccc3c2=O)c(C)c1. The van der Waals surface area contributed by atoms with Crippen LogP contribution in [-0.2, 0) is 0 Å². The molecular weight excluding hydrogens is 420 g/mol. The van der Waals surface area contributed by atoms with E-state index in [0.717, 1.165) is 21.3 Å². The fourth-order valence-corrected chi connectivity index (χ4v) is 4.66. The maximum atomic E-state index is 13.3. The van der Waals surface area contributed by atoms with Gasteiger partial charge in [0.1, 0.15) is 0 Å². The number of pyridine rings is 1. The summed E-state index contributed by atoms with van der Waals surface area (Å²) in [6.45, 7) is 3.91. The van der Waals surface area contributed by atoms with Crippen molar-refractivity contribution in [3.05, 3.63) is 93.8 Å². The molecule has 0 atom stereocenters. The van der Waals surface area contributed by atoms with E-state index in [4.69, 9.17) is 0 Å². The molecule has 0 unspecified atom stereocenters. The Balaban J connectivity index is 1.63. The van der Waals surface area contributed by atoms with E-state index in [1.807, 2.05) is 74.5 Å². The molecular formula is C25H20N4O2S. The highest BCUT2D eigenvalue weighted by atomic mass is 32.1. The summed E-state index contributed by atoms with van der Waals surface area (Å²) in [5.41, 5.74) is 6.63. The highest BCUT2D eigenvalue weighted by Gasteiger charge is 2.17. The topological polar surface area (TPSA) is 79.5 Å². The van der Waals surface area contributed by atoms with Gasteiger partial charge in [0.25, 0.3) is 5.56 Å². The lowest BCUT2D eigenvalue weighted by Gasteiger charge is -2.15. The largest absolute Gasteiger partial charge is 0.494 e. The number of thiazole rings is 1. The van der Waals surface area contributed by atoms with Crippen molar-refractivity contribution < 1.29 is 5.11 Å². The van der Waals surface area contributed by atoms with Crippen molar-refractivity contribution in [1.82, 2.24) is 9.55 Å². The van der Waals surface area contributed by atoms with Gasteiger partial charge in [-0.3, -0.25) is 10.2 Å². The normalized spacial score (nSPS) is 11.6. The van der Waals surface area contributed by atoms with E-state index in [9.17, 15) is 9.90 Å². The van der Waals surface area contributed by atoms with Crippen LogP contribution in [0.15, 0.2) is 76.6 Å². The predicted molar refractivity (Wildman–Crippen MR) is 132 cm³/mol. The summed E-state index contributed by atoms with van der Waals surface area (Å²) in [7, 11) is 0. The molecule has 0 saturated heterocycles. The lowest BCUT2D eigenvalue weighted by molar-refractivity contribution is 0.436. The summed E-state index contributed by atoms with van der Waals surface area (Å²) in [5, 5.41) is 17.3. The van der Waals surface area contributed by atoms with E-state index in [0.29, 0.717) is 27.2 Å². The van der Waals surface area contributed by atoms with Crippen molar-refractivity contribution in [3.8, 4) is 11.6 Å². The standard InChI is InChI=1S/C25H20N4O2S/c1-15-11-12-21(16(2)13-15)29-23(30)18-8-4-3-7-17(18)19(24(29)31)14-26-28-25-27-20-9-5-6-10-22(20)32-25/h3-14,31H,1-2H3,(H,27,28)/b26-14-. The zero-order chi connectivity index (χ0) is 22.2. The van der Waals surface area contributed by atoms with Gasteiger partial charge >= 0.3 is 0 Å². The highest BCUT2D eigenvalue weighted by Crippen LogP contribution is 2.28. The average molecular weight is 441 g/mol. The van der Waals surface area contributed by atoms with Crippen LogP contribution >= 0.6 is 11.3 Å². The van der Waals surface area contributed by atoms with Gasteiger partial charge in [0.05, 0.1) is 27.7 Å².